The SMILES string of the molecule is O=C1CSCC(=O)N1CCc1ccc(O)cc1. The quantitative estimate of drug-likeness (QED) is 0.815. The largest absolute Gasteiger partial charge is 0.508 e. The van der Waals surface area contributed by atoms with Gasteiger partial charge in [0.2, 0.25) is 11.8 Å². The Morgan fingerprint density at radius 2 is 1.71 bits per heavy atom. The molecule has 90 valence electrons. The summed E-state index contributed by atoms with van der Waals surface area (Å²) in [5.41, 5.74) is 1.00. The van der Waals surface area contributed by atoms with Gasteiger partial charge in [-0.25, -0.2) is 0 Å². The van der Waals surface area contributed by atoms with Gasteiger partial charge in [0.25, 0.3) is 0 Å². The Morgan fingerprint density at radius 1 is 1.12 bits per heavy atom. The normalized spacial score (nSPS) is 16.4. The number of hydrogen-bond acceptors (Lipinski definition) is 4. The molecule has 0 radical (unpaired) electrons. The van der Waals surface area contributed by atoms with Crippen LogP contribution in [0.15, 0.2) is 24.3 Å². The van der Waals surface area contributed by atoms with Crippen LogP contribution in [0, 0.1) is 0 Å². The molecule has 17 heavy (non-hydrogen) atoms. The number of amides is 2. The van der Waals surface area contributed by atoms with E-state index in [-0.39, 0.29) is 17.6 Å². The van der Waals surface area contributed by atoms with Gasteiger partial charge in [-0.15, -0.1) is 11.8 Å². The molecule has 0 atom stereocenters. The third-order valence-corrected chi connectivity index (χ3v) is 3.52. The average Bonchev–Trinajstić information content (AvgIpc) is 2.31. The molecular weight excluding hydrogens is 238 g/mol. The van der Waals surface area contributed by atoms with E-state index in [1.54, 1.807) is 24.3 Å². The Labute approximate surface area is 104 Å². The summed E-state index contributed by atoms with van der Waals surface area (Å²) >= 11 is 1.36. The van der Waals surface area contributed by atoms with Crippen molar-refractivity contribution in [2.24, 2.45) is 0 Å². The Hall–Kier alpha value is -1.49. The summed E-state index contributed by atoms with van der Waals surface area (Å²) in [5, 5.41) is 9.14. The lowest BCUT2D eigenvalue weighted by Gasteiger charge is -2.24. The molecule has 1 fully saturated rings. The van der Waals surface area contributed by atoms with Crippen LogP contribution in [0.1, 0.15) is 5.56 Å². The third kappa shape index (κ3) is 3.00. The van der Waals surface area contributed by atoms with Crippen molar-refractivity contribution in [1.29, 1.82) is 0 Å². The van der Waals surface area contributed by atoms with Crippen molar-refractivity contribution in [1.82, 2.24) is 4.90 Å². The highest BCUT2D eigenvalue weighted by Gasteiger charge is 2.25. The number of hydrogen-bond donors (Lipinski definition) is 1. The molecule has 1 saturated heterocycles. The van der Waals surface area contributed by atoms with Crippen LogP contribution < -0.4 is 0 Å². The monoisotopic (exact) mass is 251 g/mol. The summed E-state index contributed by atoms with van der Waals surface area (Å²) in [6.07, 6.45) is 0.627. The maximum Gasteiger partial charge on any atom is 0.239 e. The lowest BCUT2D eigenvalue weighted by Crippen LogP contribution is -2.43. The number of aromatic hydroxyl groups is 1. The van der Waals surface area contributed by atoms with Crippen molar-refractivity contribution in [2.75, 3.05) is 18.1 Å². The summed E-state index contributed by atoms with van der Waals surface area (Å²) in [5.74, 6) is 0.785. The number of benzene rings is 1. The van der Waals surface area contributed by atoms with Gasteiger partial charge in [-0.3, -0.25) is 14.5 Å². The Kier molecular flexibility index (Phi) is 3.68. The topological polar surface area (TPSA) is 57.6 Å². The van der Waals surface area contributed by atoms with E-state index in [1.807, 2.05) is 0 Å². The first-order chi connectivity index (χ1) is 8.16. The van der Waals surface area contributed by atoms with Gasteiger partial charge in [0, 0.05) is 6.54 Å². The number of carbonyl (C=O) groups is 2. The van der Waals surface area contributed by atoms with Crippen molar-refractivity contribution in [3.05, 3.63) is 29.8 Å². The van der Waals surface area contributed by atoms with E-state index in [1.165, 1.54) is 16.7 Å². The summed E-state index contributed by atoms with van der Waals surface area (Å²) in [4.78, 5) is 24.4. The summed E-state index contributed by atoms with van der Waals surface area (Å²) in [6.45, 7) is 0.420. The molecular formula is C12H13NO3S. The minimum absolute atomic E-state index is 0.106. The first-order valence-corrected chi connectivity index (χ1v) is 6.51. The van der Waals surface area contributed by atoms with Crippen LogP contribution >= 0.6 is 11.8 Å². The lowest BCUT2D eigenvalue weighted by molar-refractivity contribution is -0.142. The lowest BCUT2D eigenvalue weighted by atomic mass is 10.1. The number of imide groups is 1. The first-order valence-electron chi connectivity index (χ1n) is 5.35. The Morgan fingerprint density at radius 3 is 2.29 bits per heavy atom. The van der Waals surface area contributed by atoms with Crippen LogP contribution in [0.5, 0.6) is 5.75 Å². The molecule has 0 spiro atoms. The van der Waals surface area contributed by atoms with Crippen LogP contribution in [-0.2, 0) is 16.0 Å². The highest BCUT2D eigenvalue weighted by atomic mass is 32.2. The van der Waals surface area contributed by atoms with E-state index in [2.05, 4.69) is 0 Å². The standard InChI is InChI=1S/C12H13NO3S/c14-10-3-1-9(2-4-10)5-6-13-11(15)7-17-8-12(13)16/h1-4,14H,5-8H2. The molecule has 0 saturated carbocycles. The molecule has 2 amide bonds. The fourth-order valence-corrected chi connectivity index (χ4v) is 2.44. The first kappa shape index (κ1) is 12.0. The zero-order valence-corrected chi connectivity index (χ0v) is 10.1. The molecule has 0 bridgehead atoms. The summed E-state index contributed by atoms with van der Waals surface area (Å²) in [7, 11) is 0. The number of phenols is 1. The van der Waals surface area contributed by atoms with Gasteiger partial charge in [-0.05, 0) is 24.1 Å². The molecule has 2 rings (SSSR count). The van der Waals surface area contributed by atoms with E-state index >= 15 is 0 Å². The molecule has 1 aromatic rings. The second kappa shape index (κ2) is 5.23. The fraction of sp³-hybridized carbons (Fsp3) is 0.333. The molecule has 1 aliphatic heterocycles. The number of thioether (sulfide) groups is 1. The minimum Gasteiger partial charge on any atom is -0.508 e. The van der Waals surface area contributed by atoms with Crippen molar-refractivity contribution in [3.8, 4) is 5.75 Å². The van der Waals surface area contributed by atoms with E-state index in [0.29, 0.717) is 24.5 Å². The highest BCUT2D eigenvalue weighted by Crippen LogP contribution is 2.14. The van der Waals surface area contributed by atoms with E-state index in [9.17, 15) is 9.59 Å². The molecule has 0 aromatic heterocycles. The van der Waals surface area contributed by atoms with Crippen molar-refractivity contribution in [2.45, 2.75) is 6.42 Å². The van der Waals surface area contributed by atoms with Crippen LogP contribution in [0.25, 0.3) is 0 Å². The van der Waals surface area contributed by atoms with E-state index in [4.69, 9.17) is 5.11 Å². The summed E-state index contributed by atoms with van der Waals surface area (Å²) < 4.78 is 0. The molecule has 5 heteroatoms. The van der Waals surface area contributed by atoms with Crippen LogP contribution in [0.2, 0.25) is 0 Å². The van der Waals surface area contributed by atoms with E-state index < -0.39 is 0 Å². The number of rotatable bonds is 3. The molecule has 4 nitrogen and oxygen atoms in total. The molecule has 1 N–H and O–H groups in total. The van der Waals surface area contributed by atoms with Gasteiger partial charge >= 0.3 is 0 Å². The Bertz CT molecular complexity index is 414. The molecule has 0 aliphatic carbocycles. The predicted molar refractivity (Wildman–Crippen MR) is 65.9 cm³/mol. The molecule has 1 aliphatic rings. The van der Waals surface area contributed by atoms with Crippen molar-refractivity contribution < 1.29 is 14.7 Å². The molecule has 1 aromatic carbocycles. The Balaban J connectivity index is 1.95. The predicted octanol–water partition coefficient (Wildman–Crippen LogP) is 1.04. The molecule has 0 unspecified atom stereocenters. The highest BCUT2D eigenvalue weighted by molar-refractivity contribution is 8.00. The van der Waals surface area contributed by atoms with Crippen LogP contribution in [0.3, 0.4) is 0 Å². The van der Waals surface area contributed by atoms with Gasteiger partial charge in [0.05, 0.1) is 11.5 Å². The second-order valence-electron chi connectivity index (χ2n) is 3.85. The van der Waals surface area contributed by atoms with Gasteiger partial charge in [-0.1, -0.05) is 12.1 Å². The molecule has 1 heterocycles. The zero-order chi connectivity index (χ0) is 12.3. The minimum atomic E-state index is -0.106. The third-order valence-electron chi connectivity index (χ3n) is 2.61. The number of carbonyl (C=O) groups excluding carboxylic acids is 2. The van der Waals surface area contributed by atoms with Gasteiger partial charge in [-0.2, -0.15) is 0 Å². The van der Waals surface area contributed by atoms with Crippen LogP contribution in [-0.4, -0.2) is 39.9 Å². The number of nitrogens with zero attached hydrogens (tertiary/aromatic N) is 1. The van der Waals surface area contributed by atoms with Gasteiger partial charge < -0.3 is 5.11 Å². The fourth-order valence-electron chi connectivity index (χ4n) is 1.67. The zero-order valence-electron chi connectivity index (χ0n) is 9.26. The van der Waals surface area contributed by atoms with Crippen molar-refractivity contribution >= 4 is 23.6 Å². The maximum atomic E-state index is 11.5. The second-order valence-corrected chi connectivity index (χ2v) is 4.83. The average molecular weight is 251 g/mol. The van der Waals surface area contributed by atoms with Crippen molar-refractivity contribution in [3.63, 3.8) is 0 Å². The maximum absolute atomic E-state index is 11.5. The van der Waals surface area contributed by atoms with Gasteiger partial charge in [0.1, 0.15) is 5.75 Å². The van der Waals surface area contributed by atoms with Gasteiger partial charge in [0.15, 0.2) is 0 Å². The van der Waals surface area contributed by atoms with E-state index in [0.717, 1.165) is 5.56 Å². The smallest absolute Gasteiger partial charge is 0.239 e. The van der Waals surface area contributed by atoms with Crippen LogP contribution in [0.4, 0.5) is 0 Å². The number of phenolic OH excluding ortho intramolecular Hbond substituents is 1. The summed E-state index contributed by atoms with van der Waals surface area (Å²) in [6, 6.07) is 6.79.